The fourth-order valence-electron chi connectivity index (χ4n) is 1.64. The predicted molar refractivity (Wildman–Crippen MR) is 65.7 cm³/mol. The summed E-state index contributed by atoms with van der Waals surface area (Å²) in [7, 11) is 4.33. The molecule has 17 heavy (non-hydrogen) atoms. The molecule has 98 valence electrons. The van der Waals surface area contributed by atoms with Crippen LogP contribution in [0.5, 0.6) is 0 Å². The normalized spacial score (nSPS) is 19.6. The van der Waals surface area contributed by atoms with Gasteiger partial charge in [-0.3, -0.25) is 4.79 Å². The molecule has 1 aliphatic rings. The molecule has 0 radical (unpaired) electrons. The Kier molecular flexibility index (Phi) is 7.10. The zero-order valence-electron chi connectivity index (χ0n) is 11.3. The molecule has 1 saturated heterocycles. The van der Waals surface area contributed by atoms with Gasteiger partial charge in [-0.2, -0.15) is 0 Å². The Balaban J connectivity index is 0.00000256. The fraction of sp³-hybridized carbons (Fsp3) is 0.769. The van der Waals surface area contributed by atoms with Gasteiger partial charge in [-0.1, -0.05) is 5.92 Å². The van der Waals surface area contributed by atoms with E-state index < -0.39 is 0 Å². The third-order valence-corrected chi connectivity index (χ3v) is 3.37. The van der Waals surface area contributed by atoms with E-state index in [0.717, 1.165) is 24.0 Å². The average Bonchev–Trinajstić information content (AvgIpc) is 2.55. The SMILES string of the molecule is CC[N+](C)(C)CC#CCN1C(=O)CCC1C.[I-]. The standard InChI is InChI=1S/C13H23N2O.HI/c1-5-15(3,4)11-7-6-10-14-12(2)8-9-13(14)16;/h12H,5,8-11H2,1-4H3;1H/q+1;/p-1. The van der Waals surface area contributed by atoms with Gasteiger partial charge in [0.15, 0.2) is 0 Å². The van der Waals surface area contributed by atoms with Crippen LogP contribution >= 0.6 is 0 Å². The van der Waals surface area contributed by atoms with Crippen LogP contribution < -0.4 is 24.0 Å². The molecule has 1 heterocycles. The molecule has 0 spiro atoms. The molecule has 0 saturated carbocycles. The number of hydrogen-bond acceptors (Lipinski definition) is 1. The molecule has 1 rings (SSSR count). The van der Waals surface area contributed by atoms with Crippen LogP contribution in [-0.4, -0.2) is 55.1 Å². The van der Waals surface area contributed by atoms with Gasteiger partial charge in [-0.05, 0) is 26.2 Å². The van der Waals surface area contributed by atoms with Gasteiger partial charge in [0.05, 0.1) is 27.2 Å². The van der Waals surface area contributed by atoms with Crippen molar-refractivity contribution in [1.82, 2.24) is 4.90 Å². The summed E-state index contributed by atoms with van der Waals surface area (Å²) in [5.41, 5.74) is 0. The first-order chi connectivity index (χ1) is 7.46. The van der Waals surface area contributed by atoms with Gasteiger partial charge in [0, 0.05) is 12.5 Å². The summed E-state index contributed by atoms with van der Waals surface area (Å²) in [6, 6.07) is 0.371. The lowest BCUT2D eigenvalue weighted by molar-refractivity contribution is -0.881. The van der Waals surface area contributed by atoms with Crippen LogP contribution in [0, 0.1) is 11.8 Å². The van der Waals surface area contributed by atoms with E-state index in [1.165, 1.54) is 0 Å². The maximum Gasteiger partial charge on any atom is 0.223 e. The second-order valence-corrected chi connectivity index (χ2v) is 5.17. The molecule has 1 atom stereocenters. The van der Waals surface area contributed by atoms with Crippen molar-refractivity contribution in [3.05, 3.63) is 0 Å². The lowest BCUT2D eigenvalue weighted by Gasteiger charge is -2.25. The zero-order chi connectivity index (χ0) is 12.2. The Morgan fingerprint density at radius 2 is 2.06 bits per heavy atom. The Morgan fingerprint density at radius 3 is 2.53 bits per heavy atom. The smallest absolute Gasteiger partial charge is 0.223 e. The minimum atomic E-state index is 0. The Hall–Kier alpha value is -0.280. The fourth-order valence-corrected chi connectivity index (χ4v) is 1.64. The van der Waals surface area contributed by atoms with Gasteiger partial charge < -0.3 is 33.4 Å². The molecule has 0 bridgehead atoms. The van der Waals surface area contributed by atoms with E-state index in [1.54, 1.807) is 0 Å². The molecule has 0 aromatic heterocycles. The number of quaternary nitrogens is 1. The number of hydrogen-bond donors (Lipinski definition) is 0. The van der Waals surface area contributed by atoms with Crippen molar-refractivity contribution in [3.63, 3.8) is 0 Å². The monoisotopic (exact) mass is 350 g/mol. The van der Waals surface area contributed by atoms with E-state index in [-0.39, 0.29) is 29.9 Å². The van der Waals surface area contributed by atoms with Crippen LogP contribution in [0.25, 0.3) is 0 Å². The van der Waals surface area contributed by atoms with Gasteiger partial charge in [-0.15, -0.1) is 0 Å². The summed E-state index contributed by atoms with van der Waals surface area (Å²) < 4.78 is 0.913. The number of amides is 1. The van der Waals surface area contributed by atoms with E-state index in [9.17, 15) is 4.79 Å². The van der Waals surface area contributed by atoms with Crippen LogP contribution in [0.3, 0.4) is 0 Å². The maximum absolute atomic E-state index is 11.5. The summed E-state index contributed by atoms with van der Waals surface area (Å²) >= 11 is 0. The van der Waals surface area contributed by atoms with Crippen molar-refractivity contribution in [2.45, 2.75) is 32.7 Å². The first-order valence-electron chi connectivity index (χ1n) is 6.03. The van der Waals surface area contributed by atoms with E-state index in [2.05, 4.69) is 39.8 Å². The summed E-state index contributed by atoms with van der Waals surface area (Å²) in [6.45, 7) is 6.79. The van der Waals surface area contributed by atoms with Crippen LogP contribution in [0.15, 0.2) is 0 Å². The number of likely N-dealkylation sites (tertiary alicyclic amines) is 1. The van der Waals surface area contributed by atoms with E-state index in [1.807, 2.05) is 4.90 Å². The van der Waals surface area contributed by atoms with Crippen molar-refractivity contribution in [2.75, 3.05) is 33.7 Å². The predicted octanol–water partition coefficient (Wildman–Crippen LogP) is -1.90. The molecule has 1 aliphatic heterocycles. The van der Waals surface area contributed by atoms with E-state index >= 15 is 0 Å². The highest BCUT2D eigenvalue weighted by molar-refractivity contribution is 5.78. The molecular formula is C13H23IN2O. The Labute approximate surface area is 122 Å². The lowest BCUT2D eigenvalue weighted by Crippen LogP contribution is -3.00. The van der Waals surface area contributed by atoms with Crippen molar-refractivity contribution >= 4 is 5.91 Å². The summed E-state index contributed by atoms with van der Waals surface area (Å²) in [5.74, 6) is 6.55. The molecule has 0 aromatic rings. The average molecular weight is 350 g/mol. The molecular weight excluding hydrogens is 327 g/mol. The van der Waals surface area contributed by atoms with Gasteiger partial charge >= 0.3 is 0 Å². The van der Waals surface area contributed by atoms with Gasteiger partial charge in [0.2, 0.25) is 5.91 Å². The van der Waals surface area contributed by atoms with Crippen molar-refractivity contribution in [3.8, 4) is 11.8 Å². The maximum atomic E-state index is 11.5. The summed E-state index contributed by atoms with van der Waals surface area (Å²) in [6.07, 6.45) is 1.68. The third-order valence-electron chi connectivity index (χ3n) is 3.37. The second-order valence-electron chi connectivity index (χ2n) is 5.17. The first-order valence-corrected chi connectivity index (χ1v) is 6.03. The van der Waals surface area contributed by atoms with Crippen molar-refractivity contribution in [1.29, 1.82) is 0 Å². The van der Waals surface area contributed by atoms with Crippen molar-refractivity contribution < 1.29 is 33.3 Å². The molecule has 1 fully saturated rings. The zero-order valence-corrected chi connectivity index (χ0v) is 13.5. The van der Waals surface area contributed by atoms with Gasteiger partial charge in [0.25, 0.3) is 0 Å². The molecule has 0 N–H and O–H groups in total. The van der Waals surface area contributed by atoms with Crippen LogP contribution in [0.1, 0.15) is 26.7 Å². The number of rotatable bonds is 3. The highest BCUT2D eigenvalue weighted by Gasteiger charge is 2.26. The summed E-state index contributed by atoms with van der Waals surface area (Å²) in [4.78, 5) is 13.4. The molecule has 0 aromatic carbocycles. The molecule has 1 unspecified atom stereocenters. The number of carbonyl (C=O) groups is 1. The van der Waals surface area contributed by atoms with Crippen LogP contribution in [-0.2, 0) is 4.79 Å². The van der Waals surface area contributed by atoms with E-state index in [0.29, 0.717) is 19.0 Å². The minimum Gasteiger partial charge on any atom is -1.00 e. The Bertz CT molecular complexity index is 317. The third kappa shape index (κ3) is 5.26. The van der Waals surface area contributed by atoms with Gasteiger partial charge in [-0.25, -0.2) is 0 Å². The Morgan fingerprint density at radius 1 is 1.41 bits per heavy atom. The molecule has 1 amide bonds. The van der Waals surface area contributed by atoms with Crippen molar-refractivity contribution in [2.24, 2.45) is 0 Å². The lowest BCUT2D eigenvalue weighted by atomic mass is 10.2. The molecule has 4 heteroatoms. The highest BCUT2D eigenvalue weighted by Crippen LogP contribution is 2.16. The van der Waals surface area contributed by atoms with Gasteiger partial charge in [0.1, 0.15) is 6.54 Å². The first kappa shape index (κ1) is 16.7. The second kappa shape index (κ2) is 7.22. The van der Waals surface area contributed by atoms with E-state index in [4.69, 9.17) is 0 Å². The molecule has 0 aliphatic carbocycles. The quantitative estimate of drug-likeness (QED) is 0.331. The molecule has 3 nitrogen and oxygen atoms in total. The minimum absolute atomic E-state index is 0. The highest BCUT2D eigenvalue weighted by atomic mass is 127. The number of halogens is 1. The number of nitrogens with zero attached hydrogens (tertiary/aromatic N) is 2. The largest absolute Gasteiger partial charge is 1.00 e. The van der Waals surface area contributed by atoms with Crippen LogP contribution in [0.4, 0.5) is 0 Å². The summed E-state index contributed by atoms with van der Waals surface area (Å²) in [5, 5.41) is 0. The van der Waals surface area contributed by atoms with Crippen LogP contribution in [0.2, 0.25) is 0 Å². The topological polar surface area (TPSA) is 20.3 Å². The number of carbonyl (C=O) groups excluding carboxylic acids is 1.